The molecule has 1 unspecified atom stereocenters. The van der Waals surface area contributed by atoms with Crippen molar-refractivity contribution in [3.05, 3.63) is 29.8 Å². The number of amides is 1. The predicted octanol–water partition coefficient (Wildman–Crippen LogP) is 2.82. The van der Waals surface area contributed by atoms with Crippen molar-refractivity contribution in [3.63, 3.8) is 0 Å². The van der Waals surface area contributed by atoms with Gasteiger partial charge in [-0.3, -0.25) is 4.79 Å². The summed E-state index contributed by atoms with van der Waals surface area (Å²) < 4.78 is 0. The van der Waals surface area contributed by atoms with Gasteiger partial charge in [0.1, 0.15) is 0 Å². The van der Waals surface area contributed by atoms with E-state index in [1.54, 1.807) is 12.1 Å². The first-order chi connectivity index (χ1) is 8.90. The maximum atomic E-state index is 12.2. The molecule has 1 aromatic carbocycles. The van der Waals surface area contributed by atoms with Crippen molar-refractivity contribution in [2.75, 3.05) is 26.4 Å². The van der Waals surface area contributed by atoms with Crippen molar-refractivity contribution in [1.82, 2.24) is 10.2 Å². The van der Waals surface area contributed by atoms with E-state index in [1.807, 2.05) is 26.2 Å². The van der Waals surface area contributed by atoms with Crippen molar-refractivity contribution in [2.24, 2.45) is 5.92 Å². The third-order valence-electron chi connectivity index (χ3n) is 2.88. The molecule has 1 amide bonds. The van der Waals surface area contributed by atoms with Crippen LogP contribution in [0.5, 0.6) is 0 Å². The molecule has 0 aliphatic heterocycles. The summed E-state index contributed by atoms with van der Waals surface area (Å²) in [5.74, 6) is 0.448. The van der Waals surface area contributed by atoms with Crippen LogP contribution in [0.4, 0.5) is 5.69 Å². The van der Waals surface area contributed by atoms with Gasteiger partial charge in [0.05, 0.1) is 5.56 Å². The normalized spacial score (nSPS) is 11.5. The third-order valence-corrected chi connectivity index (χ3v) is 2.88. The number of nitrogens with zero attached hydrogens (tertiary/aromatic N) is 1. The summed E-state index contributed by atoms with van der Waals surface area (Å²) in [5.41, 5.74) is 6.90. The highest BCUT2D eigenvalue weighted by atomic mass is 35.5. The average molecular weight is 336 g/mol. The molecule has 1 rings (SSSR count). The summed E-state index contributed by atoms with van der Waals surface area (Å²) in [5, 5.41) is 3.08. The van der Waals surface area contributed by atoms with Gasteiger partial charge < -0.3 is 16.0 Å². The number of likely N-dealkylation sites (N-methyl/N-ethyl adjacent to an activating group) is 1. The van der Waals surface area contributed by atoms with Crippen molar-refractivity contribution >= 4 is 36.4 Å². The number of rotatable bonds is 6. The van der Waals surface area contributed by atoms with Crippen molar-refractivity contribution in [3.8, 4) is 0 Å². The summed E-state index contributed by atoms with van der Waals surface area (Å²) in [7, 11) is 4.02. The molecule has 0 saturated carbocycles. The van der Waals surface area contributed by atoms with Crippen LogP contribution in [0.15, 0.2) is 24.3 Å². The number of benzene rings is 1. The van der Waals surface area contributed by atoms with E-state index in [9.17, 15) is 4.79 Å². The van der Waals surface area contributed by atoms with Gasteiger partial charge in [0.2, 0.25) is 0 Å². The molecule has 21 heavy (non-hydrogen) atoms. The number of carbonyl (C=O) groups excluding carboxylic acids is 1. The fourth-order valence-electron chi connectivity index (χ4n) is 2.16. The summed E-state index contributed by atoms with van der Waals surface area (Å²) in [6, 6.07) is 7.30. The van der Waals surface area contributed by atoms with Crippen LogP contribution in [-0.4, -0.2) is 37.5 Å². The van der Waals surface area contributed by atoms with Gasteiger partial charge in [-0.15, -0.1) is 24.8 Å². The highest BCUT2D eigenvalue weighted by molar-refractivity contribution is 5.99. The zero-order valence-electron chi connectivity index (χ0n) is 13.1. The highest BCUT2D eigenvalue weighted by Gasteiger charge is 2.17. The topological polar surface area (TPSA) is 58.4 Å². The van der Waals surface area contributed by atoms with Crippen LogP contribution >= 0.6 is 24.8 Å². The lowest BCUT2D eigenvalue weighted by Gasteiger charge is -2.24. The minimum Gasteiger partial charge on any atom is -0.398 e. The van der Waals surface area contributed by atoms with Gasteiger partial charge in [-0.25, -0.2) is 0 Å². The fraction of sp³-hybridized carbons (Fsp3) is 0.533. The first-order valence-electron chi connectivity index (χ1n) is 6.70. The second kappa shape index (κ2) is 10.7. The monoisotopic (exact) mass is 335 g/mol. The molecule has 0 radical (unpaired) electrons. The van der Waals surface area contributed by atoms with Crippen molar-refractivity contribution in [1.29, 1.82) is 0 Å². The van der Waals surface area contributed by atoms with Crippen LogP contribution in [0, 0.1) is 5.92 Å². The Morgan fingerprint density at radius 2 is 1.81 bits per heavy atom. The Kier molecular flexibility index (Phi) is 11.4. The molecule has 0 spiro atoms. The Balaban J connectivity index is 0. The molecule has 0 bridgehead atoms. The average Bonchev–Trinajstić information content (AvgIpc) is 2.27. The van der Waals surface area contributed by atoms with E-state index < -0.39 is 0 Å². The molecule has 0 aliphatic rings. The number of anilines is 1. The quantitative estimate of drug-likeness (QED) is 0.786. The fourth-order valence-corrected chi connectivity index (χ4v) is 2.16. The maximum Gasteiger partial charge on any atom is 0.253 e. The zero-order valence-corrected chi connectivity index (χ0v) is 14.8. The van der Waals surface area contributed by atoms with Gasteiger partial charge >= 0.3 is 0 Å². The molecule has 122 valence electrons. The minimum atomic E-state index is -0.0920. The Hall–Kier alpha value is -0.970. The van der Waals surface area contributed by atoms with E-state index in [1.165, 1.54) is 0 Å². The van der Waals surface area contributed by atoms with Gasteiger partial charge in [0.15, 0.2) is 0 Å². The summed E-state index contributed by atoms with van der Waals surface area (Å²) in [4.78, 5) is 14.3. The first kappa shape index (κ1) is 22.3. The second-order valence-electron chi connectivity index (χ2n) is 5.65. The Morgan fingerprint density at radius 1 is 1.24 bits per heavy atom. The minimum absolute atomic E-state index is 0. The molecule has 0 heterocycles. The zero-order chi connectivity index (χ0) is 14.4. The molecule has 4 nitrogen and oxygen atoms in total. The molecular formula is C15H27Cl2N3O. The number of halogens is 2. The lowest BCUT2D eigenvalue weighted by molar-refractivity contribution is 0.0925. The molecule has 6 heteroatoms. The second-order valence-corrected chi connectivity index (χ2v) is 5.65. The van der Waals surface area contributed by atoms with Gasteiger partial charge in [-0.1, -0.05) is 26.0 Å². The van der Waals surface area contributed by atoms with E-state index in [0.29, 0.717) is 17.2 Å². The number of para-hydroxylation sites is 1. The Bertz CT molecular complexity index is 415. The Morgan fingerprint density at radius 3 is 2.29 bits per heavy atom. The van der Waals surface area contributed by atoms with E-state index >= 15 is 0 Å². The van der Waals surface area contributed by atoms with Crippen molar-refractivity contribution in [2.45, 2.75) is 26.3 Å². The molecule has 0 aliphatic carbocycles. The number of nitrogen functional groups attached to an aromatic ring is 1. The van der Waals surface area contributed by atoms with Gasteiger partial charge in [0.25, 0.3) is 5.91 Å². The van der Waals surface area contributed by atoms with Crippen molar-refractivity contribution < 1.29 is 4.79 Å². The maximum absolute atomic E-state index is 12.2. The van der Waals surface area contributed by atoms with E-state index in [4.69, 9.17) is 5.73 Å². The molecule has 1 atom stereocenters. The molecule has 1 aromatic rings. The van der Waals surface area contributed by atoms with Crippen LogP contribution in [0.25, 0.3) is 0 Å². The summed E-state index contributed by atoms with van der Waals surface area (Å²) in [6.07, 6.45) is 0.955. The lowest BCUT2D eigenvalue weighted by atomic mass is 10.0. The van der Waals surface area contributed by atoms with Gasteiger partial charge in [-0.2, -0.15) is 0 Å². The Labute approximate surface area is 140 Å². The number of hydrogen-bond donors (Lipinski definition) is 2. The van der Waals surface area contributed by atoms with Crippen LogP contribution in [0.2, 0.25) is 0 Å². The summed E-state index contributed by atoms with van der Waals surface area (Å²) in [6.45, 7) is 5.15. The van der Waals surface area contributed by atoms with Gasteiger partial charge in [0, 0.05) is 18.3 Å². The van der Waals surface area contributed by atoms with Gasteiger partial charge in [-0.05, 0) is 38.6 Å². The SMILES string of the molecule is CC(C)CC(CN(C)C)NC(=O)c1ccccc1N.Cl.Cl. The lowest BCUT2D eigenvalue weighted by Crippen LogP contribution is -2.42. The van der Waals surface area contributed by atoms with E-state index in [2.05, 4.69) is 24.1 Å². The molecule has 0 aromatic heterocycles. The molecule has 0 saturated heterocycles. The predicted molar refractivity (Wildman–Crippen MR) is 94.6 cm³/mol. The van der Waals surface area contributed by atoms with Crippen LogP contribution < -0.4 is 11.1 Å². The van der Waals surface area contributed by atoms with E-state index in [0.717, 1.165) is 13.0 Å². The summed E-state index contributed by atoms with van der Waals surface area (Å²) >= 11 is 0. The number of hydrogen-bond acceptors (Lipinski definition) is 3. The highest BCUT2D eigenvalue weighted by Crippen LogP contribution is 2.12. The largest absolute Gasteiger partial charge is 0.398 e. The standard InChI is InChI=1S/C15H25N3O.2ClH/c1-11(2)9-12(10-18(3)4)17-15(19)13-7-5-6-8-14(13)16;;/h5-8,11-12H,9-10,16H2,1-4H3,(H,17,19);2*1H. The number of carbonyl (C=O) groups is 1. The number of nitrogens with one attached hydrogen (secondary N) is 1. The van der Waals surface area contributed by atoms with Crippen LogP contribution in [0.1, 0.15) is 30.6 Å². The smallest absolute Gasteiger partial charge is 0.253 e. The molecule has 0 fully saturated rings. The van der Waals surface area contributed by atoms with Crippen LogP contribution in [-0.2, 0) is 0 Å². The van der Waals surface area contributed by atoms with E-state index in [-0.39, 0.29) is 36.8 Å². The molecular weight excluding hydrogens is 309 g/mol. The van der Waals surface area contributed by atoms with Crippen LogP contribution in [0.3, 0.4) is 0 Å². The first-order valence-corrected chi connectivity index (χ1v) is 6.70. The number of nitrogens with two attached hydrogens (primary N) is 1. The third kappa shape index (κ3) is 8.15. The molecule has 3 N–H and O–H groups in total.